The van der Waals surface area contributed by atoms with Gasteiger partial charge in [-0.15, -0.1) is 11.3 Å². The molecule has 0 saturated heterocycles. The molecule has 2 rings (SSSR count). The van der Waals surface area contributed by atoms with Gasteiger partial charge in [-0.3, -0.25) is 0 Å². The van der Waals surface area contributed by atoms with Crippen LogP contribution in [-0.2, 0) is 12.0 Å². The third-order valence-corrected chi connectivity index (χ3v) is 4.39. The van der Waals surface area contributed by atoms with Gasteiger partial charge in [0.05, 0.1) is 4.34 Å². The van der Waals surface area contributed by atoms with Crippen LogP contribution in [0.25, 0.3) is 0 Å². The summed E-state index contributed by atoms with van der Waals surface area (Å²) in [7, 11) is 0. The quantitative estimate of drug-likeness (QED) is 0.766. The summed E-state index contributed by atoms with van der Waals surface area (Å²) in [6.07, 6.45) is 0. The van der Waals surface area contributed by atoms with E-state index < -0.39 is 0 Å². The minimum absolute atomic E-state index is 0.0950. The first-order chi connectivity index (χ1) is 9.97. The van der Waals surface area contributed by atoms with Gasteiger partial charge in [0.15, 0.2) is 0 Å². The molecule has 2 nitrogen and oxygen atoms in total. The number of hydrogen-bond donors (Lipinski definition) is 1. The second-order valence-electron chi connectivity index (χ2n) is 5.98. The minimum Gasteiger partial charge on any atom is -0.492 e. The van der Waals surface area contributed by atoms with Crippen molar-refractivity contribution in [1.29, 1.82) is 0 Å². The summed E-state index contributed by atoms with van der Waals surface area (Å²) in [6, 6.07) is 12.2. The molecule has 4 heteroatoms. The van der Waals surface area contributed by atoms with E-state index in [9.17, 15) is 0 Å². The third-order valence-electron chi connectivity index (χ3n) is 3.16. The monoisotopic (exact) mass is 323 g/mol. The Hall–Kier alpha value is -1.03. The van der Waals surface area contributed by atoms with Crippen molar-refractivity contribution < 1.29 is 4.74 Å². The van der Waals surface area contributed by atoms with E-state index in [-0.39, 0.29) is 5.41 Å². The Labute approximate surface area is 136 Å². The topological polar surface area (TPSA) is 21.3 Å². The molecule has 0 bridgehead atoms. The SMILES string of the molecule is CC(C)(C)c1ccccc1OCCNCc1ccc(Cl)s1. The van der Waals surface area contributed by atoms with Crippen LogP contribution in [0.1, 0.15) is 31.2 Å². The van der Waals surface area contributed by atoms with E-state index >= 15 is 0 Å². The first-order valence-corrected chi connectivity index (χ1v) is 8.33. The predicted octanol–water partition coefficient (Wildman–Crippen LogP) is 4.87. The van der Waals surface area contributed by atoms with E-state index in [4.69, 9.17) is 16.3 Å². The van der Waals surface area contributed by atoms with Crippen molar-refractivity contribution >= 4 is 22.9 Å². The lowest BCUT2D eigenvalue weighted by Gasteiger charge is -2.22. The predicted molar refractivity (Wildman–Crippen MR) is 91.7 cm³/mol. The summed E-state index contributed by atoms with van der Waals surface area (Å²) < 4.78 is 6.76. The van der Waals surface area contributed by atoms with Gasteiger partial charge in [-0.2, -0.15) is 0 Å². The molecule has 114 valence electrons. The Morgan fingerprint density at radius 1 is 1.14 bits per heavy atom. The lowest BCUT2D eigenvalue weighted by atomic mass is 9.86. The normalized spacial score (nSPS) is 11.6. The van der Waals surface area contributed by atoms with Crippen molar-refractivity contribution in [1.82, 2.24) is 5.32 Å². The van der Waals surface area contributed by atoms with Crippen molar-refractivity contribution in [2.75, 3.05) is 13.2 Å². The van der Waals surface area contributed by atoms with Crippen molar-refractivity contribution in [2.45, 2.75) is 32.7 Å². The molecule has 0 fully saturated rings. The maximum absolute atomic E-state index is 5.92. The van der Waals surface area contributed by atoms with Gasteiger partial charge in [0.1, 0.15) is 12.4 Å². The van der Waals surface area contributed by atoms with Crippen LogP contribution in [0, 0.1) is 0 Å². The fraction of sp³-hybridized carbons (Fsp3) is 0.412. The maximum Gasteiger partial charge on any atom is 0.123 e. The van der Waals surface area contributed by atoms with Crippen LogP contribution in [0.2, 0.25) is 4.34 Å². The van der Waals surface area contributed by atoms with Crippen LogP contribution >= 0.6 is 22.9 Å². The van der Waals surface area contributed by atoms with Gasteiger partial charge in [-0.1, -0.05) is 50.6 Å². The zero-order chi connectivity index (χ0) is 15.3. The first-order valence-electron chi connectivity index (χ1n) is 7.14. The molecule has 0 aliphatic heterocycles. The highest BCUT2D eigenvalue weighted by atomic mass is 35.5. The summed E-state index contributed by atoms with van der Waals surface area (Å²) in [5.41, 5.74) is 1.34. The molecule has 0 saturated carbocycles. The highest BCUT2D eigenvalue weighted by molar-refractivity contribution is 7.16. The molecule has 0 aliphatic rings. The molecule has 0 spiro atoms. The fourth-order valence-electron chi connectivity index (χ4n) is 2.10. The summed E-state index contributed by atoms with van der Waals surface area (Å²) in [6.45, 7) is 8.91. The van der Waals surface area contributed by atoms with Gasteiger partial charge < -0.3 is 10.1 Å². The maximum atomic E-state index is 5.92. The average Bonchev–Trinajstić information content (AvgIpc) is 2.83. The Kier molecular flexibility index (Phi) is 5.68. The molecule has 1 N–H and O–H groups in total. The highest BCUT2D eigenvalue weighted by Gasteiger charge is 2.18. The smallest absolute Gasteiger partial charge is 0.123 e. The molecule has 0 unspecified atom stereocenters. The van der Waals surface area contributed by atoms with E-state index in [2.05, 4.69) is 44.3 Å². The summed E-state index contributed by atoms with van der Waals surface area (Å²) >= 11 is 7.52. The molecule has 0 radical (unpaired) electrons. The van der Waals surface area contributed by atoms with Gasteiger partial charge in [0.2, 0.25) is 0 Å². The number of nitrogens with one attached hydrogen (secondary N) is 1. The second kappa shape index (κ2) is 7.30. The number of halogens is 1. The molecule has 1 aromatic carbocycles. The van der Waals surface area contributed by atoms with E-state index in [0.29, 0.717) is 6.61 Å². The van der Waals surface area contributed by atoms with E-state index in [1.807, 2.05) is 18.2 Å². The molecule has 0 amide bonds. The van der Waals surface area contributed by atoms with Crippen LogP contribution in [0.4, 0.5) is 0 Å². The minimum atomic E-state index is 0.0950. The van der Waals surface area contributed by atoms with Gasteiger partial charge in [-0.05, 0) is 29.2 Å². The van der Waals surface area contributed by atoms with Gasteiger partial charge in [-0.25, -0.2) is 0 Å². The van der Waals surface area contributed by atoms with Gasteiger partial charge in [0, 0.05) is 18.0 Å². The Bertz CT molecular complexity index is 574. The zero-order valence-corrected chi connectivity index (χ0v) is 14.4. The summed E-state index contributed by atoms with van der Waals surface area (Å²) in [5, 5.41) is 3.37. The average molecular weight is 324 g/mol. The van der Waals surface area contributed by atoms with E-state index in [1.54, 1.807) is 11.3 Å². The number of thiophene rings is 1. The molecule has 0 aliphatic carbocycles. The number of para-hydroxylation sites is 1. The summed E-state index contributed by atoms with van der Waals surface area (Å²) in [5.74, 6) is 0.978. The standard InChI is InChI=1S/C17H22ClNOS/c1-17(2,3)14-6-4-5-7-15(14)20-11-10-19-12-13-8-9-16(18)21-13/h4-9,19H,10-12H2,1-3H3. The Morgan fingerprint density at radius 3 is 2.57 bits per heavy atom. The van der Waals surface area contributed by atoms with Gasteiger partial charge in [0.25, 0.3) is 0 Å². The van der Waals surface area contributed by atoms with Crippen molar-refractivity contribution in [3.8, 4) is 5.75 Å². The third kappa shape index (κ3) is 5.03. The molecule has 21 heavy (non-hydrogen) atoms. The van der Waals surface area contributed by atoms with Gasteiger partial charge >= 0.3 is 0 Å². The Balaban J connectivity index is 1.79. The van der Waals surface area contributed by atoms with Crippen LogP contribution in [0.3, 0.4) is 0 Å². The molecule has 1 aromatic heterocycles. The van der Waals surface area contributed by atoms with Crippen LogP contribution in [0.5, 0.6) is 5.75 Å². The number of hydrogen-bond acceptors (Lipinski definition) is 3. The molecule has 0 atom stereocenters. The van der Waals surface area contributed by atoms with Crippen molar-refractivity contribution in [2.24, 2.45) is 0 Å². The number of rotatable bonds is 6. The highest BCUT2D eigenvalue weighted by Crippen LogP contribution is 2.30. The van der Waals surface area contributed by atoms with Crippen molar-refractivity contribution in [3.05, 3.63) is 51.2 Å². The molecule has 2 aromatic rings. The Morgan fingerprint density at radius 2 is 1.90 bits per heavy atom. The first kappa shape index (κ1) is 16.3. The lowest BCUT2D eigenvalue weighted by molar-refractivity contribution is 0.305. The van der Waals surface area contributed by atoms with Crippen molar-refractivity contribution in [3.63, 3.8) is 0 Å². The van der Waals surface area contributed by atoms with E-state index in [1.165, 1.54) is 10.4 Å². The molecular weight excluding hydrogens is 302 g/mol. The van der Waals surface area contributed by atoms with Crippen LogP contribution < -0.4 is 10.1 Å². The second-order valence-corrected chi connectivity index (χ2v) is 7.78. The zero-order valence-electron chi connectivity index (χ0n) is 12.8. The van der Waals surface area contributed by atoms with Crippen LogP contribution in [0.15, 0.2) is 36.4 Å². The van der Waals surface area contributed by atoms with E-state index in [0.717, 1.165) is 23.2 Å². The molecule has 1 heterocycles. The fourth-order valence-corrected chi connectivity index (χ4v) is 3.16. The number of benzene rings is 1. The molecular formula is C17H22ClNOS. The largest absolute Gasteiger partial charge is 0.492 e. The number of ether oxygens (including phenoxy) is 1. The summed E-state index contributed by atoms with van der Waals surface area (Å²) in [4.78, 5) is 1.25. The van der Waals surface area contributed by atoms with Crippen LogP contribution in [-0.4, -0.2) is 13.2 Å². The lowest BCUT2D eigenvalue weighted by Crippen LogP contribution is -2.21.